The van der Waals surface area contributed by atoms with E-state index >= 15 is 0 Å². The van der Waals surface area contributed by atoms with Gasteiger partial charge in [0.15, 0.2) is 0 Å². The molecular formula is C23H27N3O3S. The van der Waals surface area contributed by atoms with Gasteiger partial charge in [-0.3, -0.25) is 9.69 Å². The fourth-order valence-electron chi connectivity index (χ4n) is 4.05. The van der Waals surface area contributed by atoms with Gasteiger partial charge < -0.3 is 5.32 Å². The second kappa shape index (κ2) is 9.12. The Hall–Kier alpha value is -2.48. The summed E-state index contributed by atoms with van der Waals surface area (Å²) < 4.78 is 28.6. The molecule has 0 atom stereocenters. The quantitative estimate of drug-likeness (QED) is 0.746. The molecule has 0 aromatic heterocycles. The Morgan fingerprint density at radius 3 is 2.43 bits per heavy atom. The van der Waals surface area contributed by atoms with E-state index in [2.05, 4.69) is 14.9 Å². The minimum absolute atomic E-state index is 0.0498. The van der Waals surface area contributed by atoms with E-state index in [4.69, 9.17) is 0 Å². The molecule has 1 aliphatic heterocycles. The predicted molar refractivity (Wildman–Crippen MR) is 119 cm³/mol. The highest BCUT2D eigenvalue weighted by atomic mass is 32.2. The van der Waals surface area contributed by atoms with Crippen LogP contribution in [0.25, 0.3) is 6.08 Å². The summed E-state index contributed by atoms with van der Waals surface area (Å²) in [5.74, 6) is -0.0498. The van der Waals surface area contributed by atoms with E-state index in [-0.39, 0.29) is 11.9 Å². The molecular weight excluding hydrogens is 398 g/mol. The van der Waals surface area contributed by atoms with Crippen molar-refractivity contribution in [2.75, 3.05) is 25.0 Å². The molecule has 1 aliphatic carbocycles. The van der Waals surface area contributed by atoms with Crippen molar-refractivity contribution < 1.29 is 13.2 Å². The summed E-state index contributed by atoms with van der Waals surface area (Å²) in [7, 11) is -3.49. The Balaban J connectivity index is 1.28. The number of nitrogens with one attached hydrogen (secondary N) is 2. The number of aryl methyl sites for hydroxylation is 1. The number of para-hydroxylation sites is 1. The average molecular weight is 426 g/mol. The number of sulfonamides is 1. The molecule has 6 nitrogen and oxygen atoms in total. The number of allylic oxidation sites excluding steroid dienone is 1. The second-order valence-electron chi connectivity index (χ2n) is 7.90. The smallest absolute Gasteiger partial charge is 0.238 e. The Labute approximate surface area is 178 Å². The highest BCUT2D eigenvalue weighted by Gasteiger charge is 2.28. The number of rotatable bonds is 6. The number of hydrogen-bond acceptors (Lipinski definition) is 4. The molecule has 0 saturated carbocycles. The van der Waals surface area contributed by atoms with Crippen molar-refractivity contribution in [3.63, 3.8) is 0 Å². The molecule has 4 rings (SSSR count). The first-order valence-electron chi connectivity index (χ1n) is 10.4. The first-order valence-corrected chi connectivity index (χ1v) is 11.9. The summed E-state index contributed by atoms with van der Waals surface area (Å²) >= 11 is 0. The maximum atomic E-state index is 12.9. The van der Waals surface area contributed by atoms with Crippen LogP contribution in [0, 0.1) is 0 Å². The molecule has 1 amide bonds. The van der Waals surface area contributed by atoms with Gasteiger partial charge in [0, 0.05) is 24.8 Å². The molecule has 2 aromatic rings. The van der Waals surface area contributed by atoms with Gasteiger partial charge in [0.05, 0.1) is 11.4 Å². The van der Waals surface area contributed by atoms with Gasteiger partial charge in [-0.25, -0.2) is 13.1 Å². The zero-order valence-corrected chi connectivity index (χ0v) is 17.7. The van der Waals surface area contributed by atoms with Crippen LogP contribution in [0.15, 0.2) is 59.5 Å². The normalized spacial score (nSPS) is 17.8. The van der Waals surface area contributed by atoms with Crippen molar-refractivity contribution >= 4 is 27.7 Å². The van der Waals surface area contributed by atoms with E-state index in [1.165, 1.54) is 5.56 Å². The molecule has 2 aromatic carbocycles. The summed E-state index contributed by atoms with van der Waals surface area (Å²) in [5, 5.41) is 2.89. The molecule has 0 bridgehead atoms. The van der Waals surface area contributed by atoms with Gasteiger partial charge in [-0.1, -0.05) is 42.5 Å². The summed E-state index contributed by atoms with van der Waals surface area (Å²) in [6.45, 7) is 1.70. The Morgan fingerprint density at radius 1 is 0.967 bits per heavy atom. The molecule has 1 fully saturated rings. The molecule has 7 heteroatoms. The molecule has 0 spiro atoms. The fourth-order valence-corrected chi connectivity index (χ4v) is 5.53. The third-order valence-corrected chi connectivity index (χ3v) is 7.35. The lowest BCUT2D eigenvalue weighted by molar-refractivity contribution is -0.117. The van der Waals surface area contributed by atoms with Crippen LogP contribution in [0.4, 0.5) is 5.69 Å². The number of fused-ring (bicyclic) bond motifs is 1. The number of anilines is 1. The lowest BCUT2D eigenvalue weighted by atomic mass is 9.98. The van der Waals surface area contributed by atoms with Gasteiger partial charge in [0.1, 0.15) is 0 Å². The van der Waals surface area contributed by atoms with Crippen molar-refractivity contribution in [1.29, 1.82) is 0 Å². The van der Waals surface area contributed by atoms with Crippen molar-refractivity contribution in [3.8, 4) is 0 Å². The van der Waals surface area contributed by atoms with Crippen LogP contribution in [0.5, 0.6) is 0 Å². The number of piperidine rings is 1. The lowest BCUT2D eigenvalue weighted by Crippen LogP contribution is -2.46. The van der Waals surface area contributed by atoms with Crippen LogP contribution in [0.3, 0.4) is 0 Å². The van der Waals surface area contributed by atoms with E-state index in [0.717, 1.165) is 17.7 Å². The second-order valence-corrected chi connectivity index (χ2v) is 9.66. The van der Waals surface area contributed by atoms with Gasteiger partial charge >= 0.3 is 0 Å². The molecule has 1 saturated heterocycles. The Bertz CT molecular complexity index is 1030. The van der Waals surface area contributed by atoms with Gasteiger partial charge in [0.25, 0.3) is 0 Å². The van der Waals surface area contributed by atoms with Crippen LogP contribution in [-0.4, -0.2) is 44.9 Å². The number of benzene rings is 2. The van der Waals surface area contributed by atoms with Gasteiger partial charge in [-0.15, -0.1) is 0 Å². The fraction of sp³-hybridized carbons (Fsp3) is 0.348. The number of carbonyl (C=O) groups excluding carboxylic acids is 1. The van der Waals surface area contributed by atoms with Gasteiger partial charge in [-0.05, 0) is 55.0 Å². The van der Waals surface area contributed by atoms with Crippen molar-refractivity contribution in [2.45, 2.75) is 31.7 Å². The minimum atomic E-state index is -3.49. The highest BCUT2D eigenvalue weighted by molar-refractivity contribution is 7.93. The highest BCUT2D eigenvalue weighted by Crippen LogP contribution is 2.27. The summed E-state index contributed by atoms with van der Waals surface area (Å²) in [4.78, 5) is 14.8. The van der Waals surface area contributed by atoms with E-state index < -0.39 is 10.0 Å². The van der Waals surface area contributed by atoms with Crippen LogP contribution < -0.4 is 10.0 Å². The van der Waals surface area contributed by atoms with Crippen LogP contribution in [0.1, 0.15) is 30.4 Å². The zero-order chi connectivity index (χ0) is 21.0. The first kappa shape index (κ1) is 20.8. The van der Waals surface area contributed by atoms with Gasteiger partial charge in [-0.2, -0.15) is 0 Å². The third kappa shape index (κ3) is 5.16. The molecule has 2 aliphatic rings. The molecule has 2 N–H and O–H groups in total. The number of carbonyl (C=O) groups is 1. The predicted octanol–water partition coefficient (Wildman–Crippen LogP) is 3.00. The largest absolute Gasteiger partial charge is 0.325 e. The van der Waals surface area contributed by atoms with E-state index in [1.807, 2.05) is 54.6 Å². The van der Waals surface area contributed by atoms with Crippen LogP contribution in [0.2, 0.25) is 0 Å². The molecule has 158 valence electrons. The third-order valence-electron chi connectivity index (χ3n) is 5.69. The van der Waals surface area contributed by atoms with Gasteiger partial charge in [0.2, 0.25) is 15.9 Å². The monoisotopic (exact) mass is 425 g/mol. The van der Waals surface area contributed by atoms with Crippen LogP contribution >= 0.6 is 0 Å². The molecule has 0 unspecified atom stereocenters. The number of nitrogens with zero attached hydrogens (tertiary/aromatic N) is 1. The summed E-state index contributed by atoms with van der Waals surface area (Å²) in [6, 6.07) is 17.2. The maximum absolute atomic E-state index is 12.9. The van der Waals surface area contributed by atoms with E-state index in [0.29, 0.717) is 43.8 Å². The zero-order valence-electron chi connectivity index (χ0n) is 16.9. The summed E-state index contributed by atoms with van der Waals surface area (Å²) in [6.07, 6.45) is 4.47. The van der Waals surface area contributed by atoms with Crippen LogP contribution in [-0.2, 0) is 21.2 Å². The number of likely N-dealkylation sites (tertiary alicyclic amines) is 1. The van der Waals surface area contributed by atoms with E-state index in [9.17, 15) is 13.2 Å². The van der Waals surface area contributed by atoms with Crippen molar-refractivity contribution in [2.24, 2.45) is 0 Å². The maximum Gasteiger partial charge on any atom is 0.238 e. The SMILES string of the molecule is O=C(CN1CCC(NS(=O)(=O)C2=Cc3ccccc3CC2)CC1)Nc1ccccc1. The minimum Gasteiger partial charge on any atom is -0.325 e. The van der Waals surface area contributed by atoms with Crippen molar-refractivity contribution in [3.05, 3.63) is 70.6 Å². The molecule has 1 heterocycles. The van der Waals surface area contributed by atoms with E-state index in [1.54, 1.807) is 6.08 Å². The average Bonchev–Trinajstić information content (AvgIpc) is 2.75. The van der Waals surface area contributed by atoms with Crippen molar-refractivity contribution in [1.82, 2.24) is 9.62 Å². The standard InChI is InChI=1S/C23H27N3O3S/c27-23(24-20-8-2-1-3-9-20)17-26-14-12-21(13-15-26)25-30(28,29)22-11-10-18-6-4-5-7-19(18)16-22/h1-9,16,21,25H,10-15,17H2,(H,24,27). The Morgan fingerprint density at radius 2 is 1.67 bits per heavy atom. The summed E-state index contributed by atoms with van der Waals surface area (Å²) in [5.41, 5.74) is 2.97. The topological polar surface area (TPSA) is 78.5 Å². The number of hydrogen-bond donors (Lipinski definition) is 2. The number of amides is 1. The lowest BCUT2D eigenvalue weighted by Gasteiger charge is -2.32. The first-order chi connectivity index (χ1) is 14.5. The Kier molecular flexibility index (Phi) is 6.32. The molecule has 30 heavy (non-hydrogen) atoms. The molecule has 0 radical (unpaired) electrons.